The fourth-order valence-corrected chi connectivity index (χ4v) is 4.65. The van der Waals surface area contributed by atoms with Crippen LogP contribution in [0.25, 0.3) is 6.08 Å². The summed E-state index contributed by atoms with van der Waals surface area (Å²) in [6.45, 7) is 3.41. The van der Waals surface area contributed by atoms with Gasteiger partial charge in [-0.3, -0.25) is 9.10 Å². The van der Waals surface area contributed by atoms with Crippen molar-refractivity contribution in [2.45, 2.75) is 24.8 Å². The number of para-hydroxylation sites is 1. The zero-order chi connectivity index (χ0) is 17.5. The molecule has 0 aliphatic carbocycles. The molecule has 0 unspecified atom stereocenters. The molecule has 124 valence electrons. The number of phenols is 1. The number of benzene rings is 2. The summed E-state index contributed by atoms with van der Waals surface area (Å²) in [5.74, 6) is -0.393. The van der Waals surface area contributed by atoms with Crippen LogP contribution in [-0.2, 0) is 10.0 Å². The van der Waals surface area contributed by atoms with E-state index in [1.165, 1.54) is 24.3 Å². The summed E-state index contributed by atoms with van der Waals surface area (Å²) < 4.78 is 27.0. The molecule has 0 radical (unpaired) electrons. The van der Waals surface area contributed by atoms with E-state index in [2.05, 4.69) is 0 Å². The standard InChI is InChI=1S/C18H17NO4S/c1-12(2)19-15(11-13-7-3-5-9-16(13)20)18(21)14-8-4-6-10-17(14)24(19,22)23/h3-12,20H,1-2H3. The van der Waals surface area contributed by atoms with E-state index in [-0.39, 0.29) is 27.7 Å². The van der Waals surface area contributed by atoms with Gasteiger partial charge in [0, 0.05) is 17.2 Å². The van der Waals surface area contributed by atoms with Crippen LogP contribution in [0.3, 0.4) is 0 Å². The maximum atomic E-state index is 12.9. The molecule has 6 heteroatoms. The van der Waals surface area contributed by atoms with Crippen molar-refractivity contribution in [3.63, 3.8) is 0 Å². The Labute approximate surface area is 140 Å². The molecule has 24 heavy (non-hydrogen) atoms. The molecule has 0 bridgehead atoms. The Balaban J connectivity index is 2.29. The number of nitrogens with zero attached hydrogens (tertiary/aromatic N) is 1. The average Bonchev–Trinajstić information content (AvgIpc) is 2.54. The van der Waals surface area contributed by atoms with Crippen molar-refractivity contribution in [2.75, 3.05) is 0 Å². The lowest BCUT2D eigenvalue weighted by Gasteiger charge is -2.34. The van der Waals surface area contributed by atoms with Gasteiger partial charge in [-0.1, -0.05) is 30.3 Å². The minimum atomic E-state index is -3.83. The summed E-state index contributed by atoms with van der Waals surface area (Å²) in [6.07, 6.45) is 1.42. The first-order valence-corrected chi connectivity index (χ1v) is 8.96. The summed E-state index contributed by atoms with van der Waals surface area (Å²) in [4.78, 5) is 12.9. The Kier molecular flexibility index (Phi) is 3.93. The zero-order valence-electron chi connectivity index (χ0n) is 13.3. The summed E-state index contributed by atoms with van der Waals surface area (Å²) in [5.41, 5.74) is 0.572. The third-order valence-corrected chi connectivity index (χ3v) is 5.88. The summed E-state index contributed by atoms with van der Waals surface area (Å²) in [6, 6.07) is 12.2. The van der Waals surface area contributed by atoms with Crippen molar-refractivity contribution in [2.24, 2.45) is 0 Å². The highest BCUT2D eigenvalue weighted by Crippen LogP contribution is 2.35. The van der Waals surface area contributed by atoms with Crippen molar-refractivity contribution in [3.8, 4) is 5.75 Å². The number of carbonyl (C=O) groups excluding carboxylic acids is 1. The summed E-state index contributed by atoms with van der Waals surface area (Å²) in [5, 5.41) is 9.95. The van der Waals surface area contributed by atoms with Gasteiger partial charge in [0.2, 0.25) is 5.78 Å². The molecular formula is C18H17NO4S. The van der Waals surface area contributed by atoms with Crippen molar-refractivity contribution < 1.29 is 18.3 Å². The minimum absolute atomic E-state index is 0.0122. The number of hydrogen-bond donors (Lipinski definition) is 1. The second kappa shape index (κ2) is 5.79. The van der Waals surface area contributed by atoms with Gasteiger partial charge in [0.25, 0.3) is 10.0 Å². The van der Waals surface area contributed by atoms with Gasteiger partial charge < -0.3 is 5.11 Å². The van der Waals surface area contributed by atoms with Gasteiger partial charge in [0.05, 0.1) is 4.90 Å². The van der Waals surface area contributed by atoms with Crippen molar-refractivity contribution in [3.05, 3.63) is 65.4 Å². The molecule has 0 atom stereocenters. The van der Waals surface area contributed by atoms with E-state index >= 15 is 0 Å². The van der Waals surface area contributed by atoms with Crippen LogP contribution >= 0.6 is 0 Å². The molecule has 1 aliphatic rings. The number of allylic oxidation sites excluding steroid dienone is 1. The van der Waals surface area contributed by atoms with E-state index in [4.69, 9.17) is 0 Å². The second-order valence-electron chi connectivity index (χ2n) is 5.81. The van der Waals surface area contributed by atoms with E-state index in [1.54, 1.807) is 44.2 Å². The fourth-order valence-electron chi connectivity index (χ4n) is 2.79. The van der Waals surface area contributed by atoms with Crippen LogP contribution in [0.2, 0.25) is 0 Å². The molecule has 0 saturated heterocycles. The monoisotopic (exact) mass is 343 g/mol. The second-order valence-corrected chi connectivity index (χ2v) is 7.59. The first-order valence-electron chi connectivity index (χ1n) is 7.52. The highest BCUT2D eigenvalue weighted by molar-refractivity contribution is 7.89. The lowest BCUT2D eigenvalue weighted by atomic mass is 10.0. The number of Topliss-reactive ketones (excluding diaryl/α,β-unsaturated/α-hetero) is 1. The van der Waals surface area contributed by atoms with Crippen LogP contribution in [0.5, 0.6) is 5.75 Å². The highest BCUT2D eigenvalue weighted by atomic mass is 32.2. The Morgan fingerprint density at radius 2 is 1.67 bits per heavy atom. The molecule has 3 rings (SSSR count). The van der Waals surface area contributed by atoms with Gasteiger partial charge in [0.15, 0.2) is 0 Å². The Hall–Kier alpha value is -2.60. The van der Waals surface area contributed by atoms with E-state index in [1.807, 2.05) is 0 Å². The number of hydrogen-bond acceptors (Lipinski definition) is 4. The molecule has 1 heterocycles. The van der Waals surface area contributed by atoms with E-state index < -0.39 is 16.1 Å². The quantitative estimate of drug-likeness (QED) is 0.851. The van der Waals surface area contributed by atoms with E-state index in [0.29, 0.717) is 5.56 Å². The Morgan fingerprint density at radius 1 is 1.04 bits per heavy atom. The largest absolute Gasteiger partial charge is 0.507 e. The number of rotatable bonds is 2. The lowest BCUT2D eigenvalue weighted by molar-refractivity contribution is 0.0996. The summed E-state index contributed by atoms with van der Waals surface area (Å²) >= 11 is 0. The van der Waals surface area contributed by atoms with E-state index in [0.717, 1.165) is 4.31 Å². The number of fused-ring (bicyclic) bond motifs is 1. The molecule has 0 aromatic heterocycles. The summed E-state index contributed by atoms with van der Waals surface area (Å²) in [7, 11) is -3.83. The van der Waals surface area contributed by atoms with Gasteiger partial charge in [0.1, 0.15) is 11.4 Å². The Morgan fingerprint density at radius 3 is 2.33 bits per heavy atom. The van der Waals surface area contributed by atoms with Crippen LogP contribution in [0, 0.1) is 0 Å². The van der Waals surface area contributed by atoms with Crippen LogP contribution in [-0.4, -0.2) is 29.7 Å². The van der Waals surface area contributed by atoms with Gasteiger partial charge in [-0.2, -0.15) is 0 Å². The zero-order valence-corrected chi connectivity index (χ0v) is 14.1. The fraction of sp³-hybridized carbons (Fsp3) is 0.167. The lowest BCUT2D eigenvalue weighted by Crippen LogP contribution is -2.43. The molecule has 0 spiro atoms. The molecule has 5 nitrogen and oxygen atoms in total. The van der Waals surface area contributed by atoms with Gasteiger partial charge in [-0.25, -0.2) is 8.42 Å². The normalized spacial score (nSPS) is 18.0. The van der Waals surface area contributed by atoms with Crippen LogP contribution in [0.15, 0.2) is 59.1 Å². The maximum Gasteiger partial charge on any atom is 0.265 e. The highest BCUT2D eigenvalue weighted by Gasteiger charge is 2.40. The number of phenolic OH excluding ortho intramolecular Hbond substituents is 1. The van der Waals surface area contributed by atoms with Crippen LogP contribution in [0.4, 0.5) is 0 Å². The predicted octanol–water partition coefficient (Wildman–Crippen LogP) is 3.03. The number of carbonyl (C=O) groups is 1. The number of aromatic hydroxyl groups is 1. The van der Waals surface area contributed by atoms with Crippen LogP contribution in [0.1, 0.15) is 29.8 Å². The molecular weight excluding hydrogens is 326 g/mol. The Bertz CT molecular complexity index is 945. The number of sulfonamides is 1. The van der Waals surface area contributed by atoms with E-state index in [9.17, 15) is 18.3 Å². The van der Waals surface area contributed by atoms with Gasteiger partial charge in [-0.15, -0.1) is 0 Å². The predicted molar refractivity (Wildman–Crippen MR) is 91.0 cm³/mol. The minimum Gasteiger partial charge on any atom is -0.507 e. The van der Waals surface area contributed by atoms with Crippen molar-refractivity contribution in [1.29, 1.82) is 0 Å². The molecule has 0 amide bonds. The van der Waals surface area contributed by atoms with Crippen LogP contribution < -0.4 is 0 Å². The topological polar surface area (TPSA) is 74.7 Å². The third kappa shape index (κ3) is 2.49. The average molecular weight is 343 g/mol. The maximum absolute atomic E-state index is 12.9. The SMILES string of the molecule is CC(C)N1C(=Cc2ccccc2O)C(=O)c2ccccc2S1(=O)=O. The molecule has 1 N–H and O–H groups in total. The smallest absolute Gasteiger partial charge is 0.265 e. The van der Waals surface area contributed by atoms with Gasteiger partial charge >= 0.3 is 0 Å². The van der Waals surface area contributed by atoms with Crippen molar-refractivity contribution >= 4 is 21.9 Å². The van der Waals surface area contributed by atoms with Gasteiger partial charge in [-0.05, 0) is 38.1 Å². The first kappa shape index (κ1) is 16.3. The first-order chi connectivity index (χ1) is 11.3. The third-order valence-electron chi connectivity index (χ3n) is 3.84. The molecule has 0 fully saturated rings. The molecule has 2 aromatic carbocycles. The molecule has 0 saturated carbocycles. The van der Waals surface area contributed by atoms with Crippen molar-refractivity contribution in [1.82, 2.24) is 4.31 Å². The number of ketones is 1. The molecule has 2 aromatic rings. The molecule has 1 aliphatic heterocycles.